The molecule has 0 atom stereocenters. The van der Waals surface area contributed by atoms with Gasteiger partial charge in [0, 0.05) is 6.20 Å². The summed E-state index contributed by atoms with van der Waals surface area (Å²) in [6.45, 7) is 0. The number of aliphatic imine (C=N–C) groups is 1. The van der Waals surface area contributed by atoms with E-state index < -0.39 is 9.84 Å². The molecule has 1 aliphatic heterocycles. The van der Waals surface area contributed by atoms with Gasteiger partial charge in [-0.05, 0) is 12.8 Å². The summed E-state index contributed by atoms with van der Waals surface area (Å²) >= 11 is 0. The lowest BCUT2D eigenvalue weighted by Gasteiger charge is -1.94. The lowest BCUT2D eigenvalue weighted by atomic mass is 10.7. The number of sulfone groups is 1. The fourth-order valence-corrected chi connectivity index (χ4v) is 1.73. The van der Waals surface area contributed by atoms with Crippen LogP contribution in [0.25, 0.3) is 0 Å². The summed E-state index contributed by atoms with van der Waals surface area (Å²) in [5, 5.41) is 3.84. The van der Waals surface area contributed by atoms with E-state index in [4.69, 9.17) is 0 Å². The quantitative estimate of drug-likeness (QED) is 0.605. The lowest BCUT2D eigenvalue weighted by molar-refractivity contribution is 0.615. The third-order valence-corrected chi connectivity index (χ3v) is 2.83. The molecule has 4 nitrogen and oxygen atoms in total. The van der Waals surface area contributed by atoms with Crippen LogP contribution in [-0.4, -0.2) is 19.6 Å². The van der Waals surface area contributed by atoms with Crippen LogP contribution in [-0.2, 0) is 9.84 Å². The van der Waals surface area contributed by atoms with E-state index in [2.05, 4.69) is 10.3 Å². The average Bonchev–Trinajstić information content (AvgIpc) is 2.63. The van der Waals surface area contributed by atoms with Gasteiger partial charge < -0.3 is 5.32 Å². The number of hydrogen-bond donors (Lipinski definition) is 1. The summed E-state index contributed by atoms with van der Waals surface area (Å²) in [4.78, 5) is 4.00. The summed E-state index contributed by atoms with van der Waals surface area (Å²) in [6.07, 6.45) is 3.43. The van der Waals surface area contributed by atoms with Crippen LogP contribution in [0.2, 0.25) is 0 Å². The standard InChI is InChI=1S/C6H8N2O2S/c9-11(10)4-3-7-6(11)8-5-1-2-5/h3-5H,1-2H2,(H,7,8). The zero-order valence-electron chi connectivity index (χ0n) is 5.82. The van der Waals surface area contributed by atoms with Gasteiger partial charge >= 0.3 is 0 Å². The maximum atomic E-state index is 11.0. The van der Waals surface area contributed by atoms with E-state index in [-0.39, 0.29) is 11.2 Å². The number of nitrogens with one attached hydrogen (secondary N) is 1. The second-order valence-corrected chi connectivity index (χ2v) is 4.41. The fourth-order valence-electron chi connectivity index (χ4n) is 0.822. The van der Waals surface area contributed by atoms with E-state index in [0.29, 0.717) is 0 Å². The summed E-state index contributed by atoms with van der Waals surface area (Å²) in [7, 11) is -3.18. The van der Waals surface area contributed by atoms with Gasteiger partial charge in [-0.25, -0.2) is 8.42 Å². The van der Waals surface area contributed by atoms with Gasteiger partial charge in [-0.15, -0.1) is 0 Å². The van der Waals surface area contributed by atoms with Crippen LogP contribution in [0.5, 0.6) is 0 Å². The first-order chi connectivity index (χ1) is 5.18. The highest BCUT2D eigenvalue weighted by atomic mass is 32.2. The Morgan fingerprint density at radius 3 is 2.73 bits per heavy atom. The highest BCUT2D eigenvalue weighted by molar-refractivity contribution is 8.09. The maximum absolute atomic E-state index is 11.0. The van der Waals surface area contributed by atoms with Crippen LogP contribution < -0.4 is 5.32 Å². The van der Waals surface area contributed by atoms with Crippen molar-refractivity contribution < 1.29 is 8.42 Å². The van der Waals surface area contributed by atoms with Crippen molar-refractivity contribution in [3.63, 3.8) is 0 Å². The number of nitrogens with zero attached hydrogens (tertiary/aromatic N) is 1. The molecule has 0 amide bonds. The molecule has 0 aromatic heterocycles. The molecule has 1 fully saturated rings. The second kappa shape index (κ2) is 2.07. The smallest absolute Gasteiger partial charge is 0.234 e. The molecule has 0 aromatic rings. The molecular formula is C6H8N2O2S. The lowest BCUT2D eigenvalue weighted by Crippen LogP contribution is -2.19. The largest absolute Gasteiger partial charge is 0.336 e. The minimum absolute atomic E-state index is 0.111. The first kappa shape index (κ1) is 6.84. The zero-order valence-corrected chi connectivity index (χ0v) is 6.63. The Balaban J connectivity index is 2.29. The topological polar surface area (TPSA) is 58.5 Å². The average molecular weight is 172 g/mol. The Morgan fingerprint density at radius 1 is 1.55 bits per heavy atom. The molecule has 5 heteroatoms. The Morgan fingerprint density at radius 2 is 2.27 bits per heavy atom. The van der Waals surface area contributed by atoms with Gasteiger partial charge in [0.2, 0.25) is 15.0 Å². The van der Waals surface area contributed by atoms with Crippen molar-refractivity contribution in [1.82, 2.24) is 5.32 Å². The third-order valence-electron chi connectivity index (χ3n) is 1.57. The first-order valence-electron chi connectivity index (χ1n) is 3.44. The molecule has 1 aliphatic carbocycles. The summed E-state index contributed by atoms with van der Waals surface area (Å²) in [6, 6.07) is 0.243. The first-order valence-corrected chi connectivity index (χ1v) is 4.99. The van der Waals surface area contributed by atoms with E-state index in [1.54, 1.807) is 0 Å². The van der Waals surface area contributed by atoms with Gasteiger partial charge in [0.25, 0.3) is 0 Å². The van der Waals surface area contributed by atoms with Crippen LogP contribution in [0.1, 0.15) is 12.8 Å². The maximum Gasteiger partial charge on any atom is 0.234 e. The van der Waals surface area contributed by atoms with E-state index in [1.165, 1.54) is 6.20 Å². The summed E-state index contributed by atoms with van der Waals surface area (Å²) < 4.78 is 22.1. The molecule has 0 radical (unpaired) electrons. The van der Waals surface area contributed by atoms with E-state index in [0.717, 1.165) is 18.2 Å². The zero-order chi connectivity index (χ0) is 7.90. The van der Waals surface area contributed by atoms with Gasteiger partial charge in [-0.3, -0.25) is 4.99 Å². The summed E-state index contributed by atoms with van der Waals surface area (Å²) in [5.41, 5.74) is 0. The monoisotopic (exact) mass is 172 g/mol. The van der Waals surface area contributed by atoms with Crippen molar-refractivity contribution in [2.45, 2.75) is 18.9 Å². The highest BCUT2D eigenvalue weighted by Gasteiger charge is 2.27. The molecule has 0 saturated heterocycles. The predicted octanol–water partition coefficient (Wildman–Crippen LogP) is -0.00600. The molecule has 2 aliphatic rings. The van der Waals surface area contributed by atoms with Crippen molar-refractivity contribution >= 4 is 15.0 Å². The van der Waals surface area contributed by atoms with Crippen molar-refractivity contribution in [1.29, 1.82) is 0 Å². The van der Waals surface area contributed by atoms with Crippen LogP contribution in [0.15, 0.2) is 16.6 Å². The van der Waals surface area contributed by atoms with Crippen LogP contribution >= 0.6 is 0 Å². The molecule has 1 heterocycles. The predicted molar refractivity (Wildman–Crippen MR) is 41.7 cm³/mol. The van der Waals surface area contributed by atoms with Crippen molar-refractivity contribution in [2.24, 2.45) is 4.99 Å². The Labute approximate surface area is 64.9 Å². The van der Waals surface area contributed by atoms with Crippen molar-refractivity contribution in [3.05, 3.63) is 11.6 Å². The van der Waals surface area contributed by atoms with Crippen LogP contribution in [0.4, 0.5) is 0 Å². The molecule has 11 heavy (non-hydrogen) atoms. The molecule has 0 spiro atoms. The Hall–Kier alpha value is -0.840. The van der Waals surface area contributed by atoms with Crippen LogP contribution in [0.3, 0.4) is 0 Å². The van der Waals surface area contributed by atoms with Crippen LogP contribution in [0, 0.1) is 0 Å². The fraction of sp³-hybridized carbons (Fsp3) is 0.500. The summed E-state index contributed by atoms with van der Waals surface area (Å²) in [5.74, 6) is 0. The number of hydrogen-bond acceptors (Lipinski definition) is 3. The molecule has 0 bridgehead atoms. The molecule has 1 N–H and O–H groups in total. The molecule has 60 valence electrons. The number of rotatable bonds is 1. The molecular weight excluding hydrogens is 164 g/mol. The molecule has 0 unspecified atom stereocenters. The van der Waals surface area contributed by atoms with Crippen molar-refractivity contribution in [3.8, 4) is 0 Å². The molecule has 2 rings (SSSR count). The Kier molecular flexibility index (Phi) is 1.29. The van der Waals surface area contributed by atoms with E-state index >= 15 is 0 Å². The van der Waals surface area contributed by atoms with Gasteiger partial charge in [0.05, 0.1) is 11.4 Å². The minimum Gasteiger partial charge on any atom is -0.336 e. The van der Waals surface area contributed by atoms with Crippen molar-refractivity contribution in [2.75, 3.05) is 0 Å². The second-order valence-electron chi connectivity index (χ2n) is 2.66. The van der Waals surface area contributed by atoms with E-state index in [1.807, 2.05) is 0 Å². The Bertz CT molecular complexity index is 324. The minimum atomic E-state index is -3.18. The van der Waals surface area contributed by atoms with Gasteiger partial charge in [0.1, 0.15) is 0 Å². The molecule has 1 saturated carbocycles. The van der Waals surface area contributed by atoms with Gasteiger partial charge in [-0.1, -0.05) is 0 Å². The molecule has 0 aromatic carbocycles. The highest BCUT2D eigenvalue weighted by Crippen LogP contribution is 2.24. The normalized spacial score (nSPS) is 30.7. The third kappa shape index (κ3) is 1.28. The van der Waals surface area contributed by atoms with E-state index in [9.17, 15) is 8.42 Å². The SMILES string of the molecule is O=S1(=O)C=CNC1=NC1CC1. The number of amidine groups is 1. The van der Waals surface area contributed by atoms with Gasteiger partial charge in [0.15, 0.2) is 0 Å². The van der Waals surface area contributed by atoms with Gasteiger partial charge in [-0.2, -0.15) is 0 Å².